The molecule has 1 saturated carbocycles. The number of benzene rings is 1. The highest BCUT2D eigenvalue weighted by molar-refractivity contribution is 8.00. The summed E-state index contributed by atoms with van der Waals surface area (Å²) in [5, 5.41) is 12.5. The molecule has 0 bridgehead atoms. The number of nitrogens with zero attached hydrogens (tertiary/aromatic N) is 2. The third-order valence-electron chi connectivity index (χ3n) is 3.96. The van der Waals surface area contributed by atoms with Crippen LogP contribution in [0.1, 0.15) is 43.2 Å². The van der Waals surface area contributed by atoms with Gasteiger partial charge in [0.05, 0.1) is 5.56 Å². The van der Waals surface area contributed by atoms with Gasteiger partial charge in [-0.05, 0) is 24.5 Å². The third-order valence-corrected chi connectivity index (χ3v) is 6.01. The first-order chi connectivity index (χ1) is 11.5. The second-order valence-electron chi connectivity index (χ2n) is 5.84. The Kier molecular flexibility index (Phi) is 5.65. The fourth-order valence-corrected chi connectivity index (χ4v) is 4.50. The average molecular weight is 373 g/mol. The lowest BCUT2D eigenvalue weighted by Gasteiger charge is -2.21. The van der Waals surface area contributed by atoms with E-state index >= 15 is 0 Å². The highest BCUT2D eigenvalue weighted by atomic mass is 32.2. The van der Waals surface area contributed by atoms with E-state index < -0.39 is 11.7 Å². The lowest BCUT2D eigenvalue weighted by molar-refractivity contribution is -0.137. The topological polar surface area (TPSA) is 37.8 Å². The molecule has 0 saturated heterocycles. The van der Waals surface area contributed by atoms with Gasteiger partial charge in [0, 0.05) is 11.8 Å². The van der Waals surface area contributed by atoms with E-state index in [-0.39, 0.29) is 0 Å². The van der Waals surface area contributed by atoms with E-state index in [0.29, 0.717) is 17.4 Å². The monoisotopic (exact) mass is 373 g/mol. The number of aromatic nitrogens is 2. The molecule has 1 aromatic carbocycles. The Morgan fingerprint density at radius 3 is 2.71 bits per heavy atom. The summed E-state index contributed by atoms with van der Waals surface area (Å²) in [6, 6.07) is 5.88. The summed E-state index contributed by atoms with van der Waals surface area (Å²) >= 11 is 2.88. The molecular formula is C16H18F3N3S2. The van der Waals surface area contributed by atoms with E-state index in [1.54, 1.807) is 6.07 Å². The minimum absolute atomic E-state index is 0.446. The Labute approximate surface area is 147 Å². The molecule has 0 amide bonds. The zero-order valence-electron chi connectivity index (χ0n) is 13.0. The van der Waals surface area contributed by atoms with E-state index in [1.807, 2.05) is 0 Å². The number of anilines is 1. The van der Waals surface area contributed by atoms with Crippen LogP contribution in [0.5, 0.6) is 0 Å². The quantitative estimate of drug-likeness (QED) is 0.693. The van der Waals surface area contributed by atoms with Gasteiger partial charge in [-0.2, -0.15) is 13.2 Å². The molecular weight excluding hydrogens is 355 g/mol. The Bertz CT molecular complexity index is 667. The third kappa shape index (κ3) is 4.86. The second-order valence-corrected chi connectivity index (χ2v) is 8.04. The van der Waals surface area contributed by atoms with Gasteiger partial charge in [-0.25, -0.2) is 0 Å². The van der Waals surface area contributed by atoms with Crippen LogP contribution < -0.4 is 5.32 Å². The molecule has 1 aromatic heterocycles. The largest absolute Gasteiger partial charge is 0.416 e. The van der Waals surface area contributed by atoms with Gasteiger partial charge in [0.2, 0.25) is 5.13 Å². The molecule has 0 radical (unpaired) electrons. The molecule has 1 heterocycles. The summed E-state index contributed by atoms with van der Waals surface area (Å²) in [7, 11) is 0. The molecule has 24 heavy (non-hydrogen) atoms. The van der Waals surface area contributed by atoms with Crippen molar-refractivity contribution < 1.29 is 13.2 Å². The summed E-state index contributed by atoms with van der Waals surface area (Å²) in [5.41, 5.74) is 0.0179. The van der Waals surface area contributed by atoms with E-state index in [0.717, 1.165) is 28.4 Å². The van der Waals surface area contributed by atoms with Crippen molar-refractivity contribution in [2.45, 2.75) is 54.4 Å². The summed E-state index contributed by atoms with van der Waals surface area (Å²) in [4.78, 5) is 0. The van der Waals surface area contributed by atoms with Crippen molar-refractivity contribution in [3.05, 3.63) is 35.4 Å². The van der Waals surface area contributed by atoms with Crippen molar-refractivity contribution in [2.24, 2.45) is 0 Å². The highest BCUT2D eigenvalue weighted by Gasteiger charge is 2.30. The Morgan fingerprint density at radius 2 is 1.96 bits per heavy atom. The molecule has 3 nitrogen and oxygen atoms in total. The first-order valence-electron chi connectivity index (χ1n) is 7.90. The molecule has 0 unspecified atom stereocenters. The summed E-state index contributed by atoms with van der Waals surface area (Å²) < 4.78 is 38.9. The summed E-state index contributed by atoms with van der Waals surface area (Å²) in [6.45, 7) is 0. The van der Waals surface area contributed by atoms with Crippen molar-refractivity contribution in [3.63, 3.8) is 0 Å². The normalized spacial score (nSPS) is 16.3. The molecule has 0 spiro atoms. The van der Waals surface area contributed by atoms with Crippen LogP contribution in [0.4, 0.5) is 18.3 Å². The van der Waals surface area contributed by atoms with Crippen molar-refractivity contribution in [1.82, 2.24) is 10.2 Å². The standard InChI is InChI=1S/C16H18F3N3S2/c17-16(18,19)12-6-4-5-11(9-12)10-23-15-22-21-14(24-15)20-13-7-2-1-3-8-13/h4-6,9,13H,1-3,7-8,10H2,(H,20,21). The minimum atomic E-state index is -4.31. The minimum Gasteiger partial charge on any atom is -0.357 e. The van der Waals surface area contributed by atoms with Gasteiger partial charge in [0.15, 0.2) is 4.34 Å². The van der Waals surface area contributed by atoms with Gasteiger partial charge in [-0.3, -0.25) is 0 Å². The van der Waals surface area contributed by atoms with Gasteiger partial charge >= 0.3 is 6.18 Å². The van der Waals surface area contributed by atoms with Crippen molar-refractivity contribution in [1.29, 1.82) is 0 Å². The van der Waals surface area contributed by atoms with Crippen LogP contribution in [-0.2, 0) is 11.9 Å². The molecule has 3 rings (SSSR count). The van der Waals surface area contributed by atoms with Crippen molar-refractivity contribution >= 4 is 28.2 Å². The molecule has 1 fully saturated rings. The lowest BCUT2D eigenvalue weighted by atomic mass is 9.96. The van der Waals surface area contributed by atoms with Gasteiger partial charge in [-0.1, -0.05) is 60.6 Å². The molecule has 0 aliphatic heterocycles. The van der Waals surface area contributed by atoms with Crippen molar-refractivity contribution in [3.8, 4) is 0 Å². The molecule has 8 heteroatoms. The molecule has 1 aliphatic carbocycles. The van der Waals surface area contributed by atoms with Crippen molar-refractivity contribution in [2.75, 3.05) is 5.32 Å². The van der Waals surface area contributed by atoms with E-state index in [4.69, 9.17) is 0 Å². The number of alkyl halides is 3. The molecule has 2 aromatic rings. The average Bonchev–Trinajstić information content (AvgIpc) is 3.01. The summed E-state index contributed by atoms with van der Waals surface area (Å²) in [5.74, 6) is 0.446. The number of hydrogen-bond donors (Lipinski definition) is 1. The number of hydrogen-bond acceptors (Lipinski definition) is 5. The van der Waals surface area contributed by atoms with Gasteiger partial charge in [0.25, 0.3) is 0 Å². The Morgan fingerprint density at radius 1 is 1.17 bits per heavy atom. The van der Waals surface area contributed by atoms with Gasteiger partial charge in [-0.15, -0.1) is 10.2 Å². The van der Waals surface area contributed by atoms with Crippen LogP contribution in [0, 0.1) is 0 Å². The van der Waals surface area contributed by atoms with E-state index in [1.165, 1.54) is 54.5 Å². The number of nitrogens with one attached hydrogen (secondary N) is 1. The smallest absolute Gasteiger partial charge is 0.357 e. The maximum atomic E-state index is 12.7. The number of rotatable bonds is 5. The van der Waals surface area contributed by atoms with Crippen LogP contribution in [0.2, 0.25) is 0 Å². The SMILES string of the molecule is FC(F)(F)c1cccc(CSc2nnc(NC3CCCCC3)s2)c1. The first kappa shape index (κ1) is 17.5. The van der Waals surface area contributed by atoms with E-state index in [2.05, 4.69) is 15.5 Å². The molecule has 1 N–H and O–H groups in total. The molecule has 0 atom stereocenters. The maximum Gasteiger partial charge on any atom is 0.416 e. The van der Waals surface area contributed by atoms with Crippen LogP contribution in [0.3, 0.4) is 0 Å². The zero-order chi connectivity index (χ0) is 17.0. The predicted molar refractivity (Wildman–Crippen MR) is 91.4 cm³/mol. The van der Waals surface area contributed by atoms with Gasteiger partial charge < -0.3 is 5.32 Å². The fourth-order valence-electron chi connectivity index (χ4n) is 2.73. The first-order valence-corrected chi connectivity index (χ1v) is 9.70. The van der Waals surface area contributed by atoms with Crippen LogP contribution >= 0.6 is 23.1 Å². The number of thioether (sulfide) groups is 1. The Balaban J connectivity index is 1.55. The second kappa shape index (κ2) is 7.74. The number of halogens is 3. The lowest BCUT2D eigenvalue weighted by Crippen LogP contribution is -2.21. The fraction of sp³-hybridized carbons (Fsp3) is 0.500. The van der Waals surface area contributed by atoms with Gasteiger partial charge in [0.1, 0.15) is 0 Å². The van der Waals surface area contributed by atoms with Crippen LogP contribution in [0.15, 0.2) is 28.6 Å². The maximum absolute atomic E-state index is 12.7. The Hall–Kier alpha value is -1.28. The molecule has 1 aliphatic rings. The van der Waals surface area contributed by atoms with Crippen LogP contribution in [-0.4, -0.2) is 16.2 Å². The van der Waals surface area contributed by atoms with E-state index in [9.17, 15) is 13.2 Å². The highest BCUT2D eigenvalue weighted by Crippen LogP contribution is 2.33. The predicted octanol–water partition coefficient (Wildman–Crippen LogP) is 5.59. The summed E-state index contributed by atoms with van der Waals surface area (Å²) in [6.07, 6.45) is 1.80. The molecule has 130 valence electrons. The van der Waals surface area contributed by atoms with Crippen LogP contribution in [0.25, 0.3) is 0 Å². The zero-order valence-corrected chi connectivity index (χ0v) is 14.6.